The Hall–Kier alpha value is -1.31. The molecule has 0 aliphatic carbocycles. The molecule has 2 heterocycles. The fraction of sp³-hybridized carbons (Fsp3) is 0.688. The lowest BCUT2D eigenvalue weighted by Crippen LogP contribution is -2.46. The van der Waals surface area contributed by atoms with Gasteiger partial charge < -0.3 is 14.6 Å². The Kier molecular flexibility index (Phi) is 4.85. The third-order valence-electron chi connectivity index (χ3n) is 4.55. The summed E-state index contributed by atoms with van der Waals surface area (Å²) in [6.45, 7) is 6.09. The lowest BCUT2D eigenvalue weighted by atomic mass is 9.86. The van der Waals surface area contributed by atoms with Gasteiger partial charge in [0, 0.05) is 32.4 Å². The quantitative estimate of drug-likeness (QED) is 0.899. The van der Waals surface area contributed by atoms with Gasteiger partial charge in [-0.15, -0.1) is 0 Å². The van der Waals surface area contributed by atoms with Gasteiger partial charge in [-0.25, -0.2) is 0 Å². The van der Waals surface area contributed by atoms with Gasteiger partial charge in [-0.3, -0.25) is 0 Å². The highest BCUT2D eigenvalue weighted by atomic mass is 16.5. The summed E-state index contributed by atoms with van der Waals surface area (Å²) in [5.41, 5.74) is 1.95. The lowest BCUT2D eigenvalue weighted by Gasteiger charge is -2.40. The van der Waals surface area contributed by atoms with E-state index in [1.165, 1.54) is 5.56 Å². The number of nitrogens with one attached hydrogen (secondary N) is 1. The average Bonchev–Trinajstić information content (AvgIpc) is 2.85. The largest absolute Gasteiger partial charge is 0.375 e. The Morgan fingerprint density at radius 1 is 1.50 bits per heavy atom. The van der Waals surface area contributed by atoms with Gasteiger partial charge in [-0.05, 0) is 37.3 Å². The van der Waals surface area contributed by atoms with Crippen molar-refractivity contribution in [3.63, 3.8) is 0 Å². The number of hydrogen-bond acceptors (Lipinski definition) is 3. The van der Waals surface area contributed by atoms with Crippen LogP contribution in [0.25, 0.3) is 0 Å². The summed E-state index contributed by atoms with van der Waals surface area (Å²) in [4.78, 5) is 0. The molecule has 0 spiro atoms. The molecule has 1 aromatic heterocycles. The molecular weight excluding hydrogens is 250 g/mol. The zero-order chi connectivity index (χ0) is 14.6. The standard InChI is InChI=1S/C16H25N3O/c1-4-16(5-2)9-14(6-7-20-16)18-11-13-8-15(10-17)19(3)12-13/h8,12,14,18H,4-7,9,11H2,1-3H3. The van der Waals surface area contributed by atoms with Gasteiger partial charge in [-0.1, -0.05) is 13.8 Å². The SMILES string of the molecule is CCC1(CC)CC(NCc2cc(C#N)n(C)c2)CCO1. The van der Waals surface area contributed by atoms with Crippen LogP contribution in [0.3, 0.4) is 0 Å². The van der Waals surface area contributed by atoms with Crippen LogP contribution in [0.5, 0.6) is 0 Å². The van der Waals surface area contributed by atoms with Crippen molar-refractivity contribution >= 4 is 0 Å². The second-order valence-electron chi connectivity index (χ2n) is 5.77. The van der Waals surface area contributed by atoms with Gasteiger partial charge in [0.2, 0.25) is 0 Å². The molecule has 0 bridgehead atoms. The van der Waals surface area contributed by atoms with E-state index in [-0.39, 0.29) is 5.60 Å². The van der Waals surface area contributed by atoms with E-state index in [1.807, 2.05) is 23.9 Å². The van der Waals surface area contributed by atoms with Crippen molar-refractivity contribution in [2.24, 2.45) is 7.05 Å². The predicted octanol–water partition coefficient (Wildman–Crippen LogP) is 2.72. The van der Waals surface area contributed by atoms with E-state index < -0.39 is 0 Å². The van der Waals surface area contributed by atoms with Crippen molar-refractivity contribution in [3.8, 4) is 6.07 Å². The van der Waals surface area contributed by atoms with Crippen LogP contribution in [0, 0.1) is 11.3 Å². The van der Waals surface area contributed by atoms with Crippen LogP contribution in [0.1, 0.15) is 50.8 Å². The first-order valence-electron chi connectivity index (χ1n) is 7.55. The van der Waals surface area contributed by atoms with Crippen LogP contribution in [0.2, 0.25) is 0 Å². The first kappa shape index (κ1) is 15.1. The molecule has 1 unspecified atom stereocenters. The summed E-state index contributed by atoms with van der Waals surface area (Å²) in [6, 6.07) is 4.67. The smallest absolute Gasteiger partial charge is 0.120 e. The molecule has 4 nitrogen and oxygen atoms in total. The molecule has 4 heteroatoms. The third kappa shape index (κ3) is 3.23. The number of nitriles is 1. The van der Waals surface area contributed by atoms with E-state index in [0.717, 1.165) is 38.8 Å². The monoisotopic (exact) mass is 275 g/mol. The van der Waals surface area contributed by atoms with Crippen molar-refractivity contribution in [2.75, 3.05) is 6.61 Å². The highest BCUT2D eigenvalue weighted by molar-refractivity contribution is 5.28. The van der Waals surface area contributed by atoms with Crippen LogP contribution < -0.4 is 5.32 Å². The maximum atomic E-state index is 8.97. The van der Waals surface area contributed by atoms with Gasteiger partial charge in [-0.2, -0.15) is 5.26 Å². The summed E-state index contributed by atoms with van der Waals surface area (Å²) in [5.74, 6) is 0. The second kappa shape index (κ2) is 6.43. The zero-order valence-corrected chi connectivity index (χ0v) is 12.8. The summed E-state index contributed by atoms with van der Waals surface area (Å²) >= 11 is 0. The minimum absolute atomic E-state index is 0.0599. The van der Waals surface area contributed by atoms with Gasteiger partial charge in [0.05, 0.1) is 5.60 Å². The third-order valence-corrected chi connectivity index (χ3v) is 4.55. The van der Waals surface area contributed by atoms with E-state index in [2.05, 4.69) is 25.2 Å². The number of rotatable bonds is 5. The van der Waals surface area contributed by atoms with E-state index in [0.29, 0.717) is 11.7 Å². The second-order valence-corrected chi connectivity index (χ2v) is 5.77. The first-order chi connectivity index (χ1) is 9.62. The van der Waals surface area contributed by atoms with Crippen LogP contribution in [-0.2, 0) is 18.3 Å². The predicted molar refractivity (Wildman–Crippen MR) is 79.3 cm³/mol. The Balaban J connectivity index is 1.92. The minimum Gasteiger partial charge on any atom is -0.375 e. The number of hydrogen-bond donors (Lipinski definition) is 1. The summed E-state index contributed by atoms with van der Waals surface area (Å²) < 4.78 is 7.88. The first-order valence-corrected chi connectivity index (χ1v) is 7.55. The lowest BCUT2D eigenvalue weighted by molar-refractivity contribution is -0.0932. The van der Waals surface area contributed by atoms with Gasteiger partial charge in [0.25, 0.3) is 0 Å². The fourth-order valence-electron chi connectivity index (χ4n) is 3.05. The molecule has 0 radical (unpaired) electrons. The molecule has 0 saturated carbocycles. The maximum Gasteiger partial charge on any atom is 0.120 e. The Morgan fingerprint density at radius 3 is 2.85 bits per heavy atom. The summed E-state index contributed by atoms with van der Waals surface area (Å²) in [7, 11) is 1.91. The molecule has 20 heavy (non-hydrogen) atoms. The molecule has 0 amide bonds. The van der Waals surface area contributed by atoms with Crippen LogP contribution in [0.4, 0.5) is 0 Å². The maximum absolute atomic E-state index is 8.97. The van der Waals surface area contributed by atoms with Crippen LogP contribution >= 0.6 is 0 Å². The van der Waals surface area contributed by atoms with Gasteiger partial charge in [0.15, 0.2) is 0 Å². The number of aromatic nitrogens is 1. The fourth-order valence-corrected chi connectivity index (χ4v) is 3.05. The molecule has 1 aliphatic rings. The molecule has 1 N–H and O–H groups in total. The molecule has 1 aromatic rings. The van der Waals surface area contributed by atoms with E-state index in [1.54, 1.807) is 0 Å². The Bertz CT molecular complexity index is 482. The Labute approximate surface area is 121 Å². The van der Waals surface area contributed by atoms with Crippen molar-refractivity contribution in [1.82, 2.24) is 9.88 Å². The summed E-state index contributed by atoms with van der Waals surface area (Å²) in [6.07, 6.45) is 6.33. The van der Waals surface area contributed by atoms with E-state index >= 15 is 0 Å². The van der Waals surface area contributed by atoms with Crippen molar-refractivity contribution < 1.29 is 4.74 Å². The molecule has 1 atom stereocenters. The number of aryl methyl sites for hydroxylation is 1. The summed E-state index contributed by atoms with van der Waals surface area (Å²) in [5, 5.41) is 12.6. The zero-order valence-electron chi connectivity index (χ0n) is 12.8. The normalized spacial score (nSPS) is 21.6. The molecule has 2 rings (SSSR count). The van der Waals surface area contributed by atoms with E-state index in [4.69, 9.17) is 10.00 Å². The highest BCUT2D eigenvalue weighted by Gasteiger charge is 2.34. The molecule has 110 valence electrons. The molecule has 1 aliphatic heterocycles. The van der Waals surface area contributed by atoms with Crippen molar-refractivity contribution in [2.45, 2.75) is 57.7 Å². The average molecular weight is 275 g/mol. The Morgan fingerprint density at radius 2 is 2.25 bits per heavy atom. The van der Waals surface area contributed by atoms with Crippen molar-refractivity contribution in [1.29, 1.82) is 5.26 Å². The topological polar surface area (TPSA) is 50.0 Å². The van der Waals surface area contributed by atoms with Crippen LogP contribution in [0.15, 0.2) is 12.3 Å². The minimum atomic E-state index is 0.0599. The van der Waals surface area contributed by atoms with Crippen LogP contribution in [-0.4, -0.2) is 22.8 Å². The van der Waals surface area contributed by atoms with Gasteiger partial charge in [0.1, 0.15) is 11.8 Å². The van der Waals surface area contributed by atoms with E-state index in [9.17, 15) is 0 Å². The molecular formula is C16H25N3O. The highest BCUT2D eigenvalue weighted by Crippen LogP contribution is 2.31. The number of nitrogens with zero attached hydrogens (tertiary/aromatic N) is 2. The molecule has 1 saturated heterocycles. The molecule has 0 aromatic carbocycles. The van der Waals surface area contributed by atoms with Crippen molar-refractivity contribution in [3.05, 3.63) is 23.5 Å². The van der Waals surface area contributed by atoms with Gasteiger partial charge >= 0.3 is 0 Å². The number of ether oxygens (including phenoxy) is 1. The molecule has 1 fully saturated rings.